The molecule has 15 heavy (non-hydrogen) atoms. The van der Waals surface area contributed by atoms with Gasteiger partial charge in [0, 0.05) is 25.4 Å². The fourth-order valence-corrected chi connectivity index (χ4v) is 1.94. The zero-order valence-corrected chi connectivity index (χ0v) is 9.68. The van der Waals surface area contributed by atoms with E-state index < -0.39 is 0 Å². The summed E-state index contributed by atoms with van der Waals surface area (Å²) in [5.41, 5.74) is 0.729. The van der Waals surface area contributed by atoms with Crippen LogP contribution in [0.25, 0.3) is 0 Å². The Hall–Kier alpha value is -0.740. The van der Waals surface area contributed by atoms with E-state index >= 15 is 0 Å². The van der Waals surface area contributed by atoms with Gasteiger partial charge in [0.1, 0.15) is 11.6 Å². The molecule has 1 N–H and O–H groups in total. The van der Waals surface area contributed by atoms with E-state index in [1.54, 1.807) is 12.1 Å². The highest BCUT2D eigenvalue weighted by Gasteiger charge is 2.25. The molecule has 1 aromatic carbocycles. The number of hydrogen-bond acceptors (Lipinski definition) is 2. The lowest BCUT2D eigenvalue weighted by Crippen LogP contribution is -2.47. The summed E-state index contributed by atoms with van der Waals surface area (Å²) < 4.78 is 13.6. The summed E-state index contributed by atoms with van der Waals surface area (Å²) in [6, 6.07) is 4.78. The minimum atomic E-state index is -0.313. The van der Waals surface area contributed by atoms with Crippen LogP contribution in [-0.4, -0.2) is 18.9 Å². The molecule has 80 valence electrons. The van der Waals surface area contributed by atoms with Crippen LogP contribution in [0.15, 0.2) is 22.7 Å². The van der Waals surface area contributed by atoms with Crippen molar-refractivity contribution < 1.29 is 9.18 Å². The minimum Gasteiger partial charge on any atom is -0.315 e. The van der Waals surface area contributed by atoms with Gasteiger partial charge >= 0.3 is 0 Å². The molecule has 1 saturated heterocycles. The molecule has 0 radical (unpaired) electrons. The standard InChI is InChI=1S/C11H11BrFNO/c12-11-7(2-1-3-9(11)13)4-10(15)8-5-14-6-8/h1-3,8,14H,4-6H2. The SMILES string of the molecule is O=C(Cc1cccc(F)c1Br)C1CNC1. The van der Waals surface area contributed by atoms with Gasteiger partial charge in [-0.2, -0.15) is 0 Å². The normalized spacial score (nSPS) is 16.1. The molecular formula is C11H11BrFNO. The van der Waals surface area contributed by atoms with Crippen LogP contribution >= 0.6 is 15.9 Å². The Bertz CT molecular complexity index is 390. The van der Waals surface area contributed by atoms with Crippen molar-refractivity contribution in [1.82, 2.24) is 5.32 Å². The molecule has 1 aromatic rings. The first-order chi connectivity index (χ1) is 7.18. The molecule has 2 rings (SSSR count). The van der Waals surface area contributed by atoms with Crippen molar-refractivity contribution >= 4 is 21.7 Å². The van der Waals surface area contributed by atoms with Crippen molar-refractivity contribution in [2.75, 3.05) is 13.1 Å². The summed E-state index contributed by atoms with van der Waals surface area (Å²) in [6.45, 7) is 1.51. The van der Waals surface area contributed by atoms with E-state index in [-0.39, 0.29) is 17.5 Å². The average molecular weight is 272 g/mol. The Morgan fingerprint density at radius 3 is 2.87 bits per heavy atom. The van der Waals surface area contributed by atoms with Gasteiger partial charge in [0.05, 0.1) is 4.47 Å². The predicted molar refractivity (Wildman–Crippen MR) is 59.2 cm³/mol. The second-order valence-electron chi connectivity index (χ2n) is 3.71. The second kappa shape index (κ2) is 4.41. The van der Waals surface area contributed by atoms with E-state index in [1.807, 2.05) is 0 Å². The lowest BCUT2D eigenvalue weighted by molar-refractivity contribution is -0.123. The van der Waals surface area contributed by atoms with Gasteiger partial charge in [-0.1, -0.05) is 12.1 Å². The molecule has 0 atom stereocenters. The number of nitrogens with one attached hydrogen (secondary N) is 1. The number of Topliss-reactive ketones (excluding diaryl/α,β-unsaturated/α-hetero) is 1. The Morgan fingerprint density at radius 1 is 1.53 bits per heavy atom. The highest BCUT2D eigenvalue weighted by Crippen LogP contribution is 2.22. The van der Waals surface area contributed by atoms with Gasteiger partial charge in [0.15, 0.2) is 0 Å². The molecule has 0 bridgehead atoms. The first-order valence-corrected chi connectivity index (χ1v) is 5.64. The lowest BCUT2D eigenvalue weighted by Gasteiger charge is -2.25. The van der Waals surface area contributed by atoms with E-state index in [1.165, 1.54) is 6.07 Å². The van der Waals surface area contributed by atoms with Gasteiger partial charge in [0.2, 0.25) is 0 Å². The summed E-state index contributed by atoms with van der Waals surface area (Å²) in [5.74, 6) is -0.0211. The average Bonchev–Trinajstić information content (AvgIpc) is 2.10. The maximum atomic E-state index is 13.2. The van der Waals surface area contributed by atoms with E-state index in [2.05, 4.69) is 21.2 Å². The Labute approximate surface area is 96.0 Å². The third-order valence-electron chi connectivity index (χ3n) is 2.63. The maximum absolute atomic E-state index is 13.2. The van der Waals surface area contributed by atoms with Crippen LogP contribution in [0.5, 0.6) is 0 Å². The monoisotopic (exact) mass is 271 g/mol. The fraction of sp³-hybridized carbons (Fsp3) is 0.364. The molecular weight excluding hydrogens is 261 g/mol. The molecule has 1 heterocycles. The van der Waals surface area contributed by atoms with Crippen molar-refractivity contribution in [3.63, 3.8) is 0 Å². The number of halogens is 2. The Kier molecular flexibility index (Phi) is 3.17. The molecule has 0 aromatic heterocycles. The number of ketones is 1. The quantitative estimate of drug-likeness (QED) is 0.910. The zero-order chi connectivity index (χ0) is 10.8. The van der Waals surface area contributed by atoms with Crippen LogP contribution < -0.4 is 5.32 Å². The number of carbonyl (C=O) groups is 1. The maximum Gasteiger partial charge on any atom is 0.142 e. The van der Waals surface area contributed by atoms with Crippen molar-refractivity contribution in [3.8, 4) is 0 Å². The molecule has 0 spiro atoms. The molecule has 4 heteroatoms. The molecule has 0 aliphatic carbocycles. The highest BCUT2D eigenvalue weighted by atomic mass is 79.9. The third kappa shape index (κ3) is 2.26. The smallest absolute Gasteiger partial charge is 0.142 e. The second-order valence-corrected chi connectivity index (χ2v) is 4.50. The Balaban J connectivity index is 2.09. The summed E-state index contributed by atoms with van der Waals surface area (Å²) in [5, 5.41) is 3.05. The summed E-state index contributed by atoms with van der Waals surface area (Å²) in [4.78, 5) is 11.7. The van der Waals surface area contributed by atoms with Crippen molar-refractivity contribution in [1.29, 1.82) is 0 Å². The molecule has 0 saturated carbocycles. The minimum absolute atomic E-state index is 0.111. The van der Waals surface area contributed by atoms with Crippen LogP contribution in [0.1, 0.15) is 5.56 Å². The molecule has 1 fully saturated rings. The van der Waals surface area contributed by atoms with Crippen LogP contribution in [0.2, 0.25) is 0 Å². The number of benzene rings is 1. The Morgan fingerprint density at radius 2 is 2.27 bits per heavy atom. The van der Waals surface area contributed by atoms with Gasteiger partial charge in [-0.25, -0.2) is 4.39 Å². The van der Waals surface area contributed by atoms with Gasteiger partial charge in [-0.15, -0.1) is 0 Å². The predicted octanol–water partition coefficient (Wildman–Crippen LogP) is 1.92. The van der Waals surface area contributed by atoms with Crippen LogP contribution in [0.4, 0.5) is 4.39 Å². The van der Waals surface area contributed by atoms with Gasteiger partial charge in [0.25, 0.3) is 0 Å². The van der Waals surface area contributed by atoms with E-state index in [0.29, 0.717) is 10.9 Å². The van der Waals surface area contributed by atoms with Crippen LogP contribution in [0.3, 0.4) is 0 Å². The molecule has 1 aliphatic rings. The van der Waals surface area contributed by atoms with Gasteiger partial charge in [-0.05, 0) is 27.6 Å². The van der Waals surface area contributed by atoms with E-state index in [4.69, 9.17) is 0 Å². The van der Waals surface area contributed by atoms with Crippen LogP contribution in [0, 0.1) is 11.7 Å². The molecule has 1 aliphatic heterocycles. The first kappa shape index (κ1) is 10.8. The van der Waals surface area contributed by atoms with Crippen molar-refractivity contribution in [3.05, 3.63) is 34.1 Å². The molecule has 0 amide bonds. The molecule has 2 nitrogen and oxygen atoms in total. The summed E-state index contributed by atoms with van der Waals surface area (Å²) in [7, 11) is 0. The topological polar surface area (TPSA) is 29.1 Å². The van der Waals surface area contributed by atoms with Crippen molar-refractivity contribution in [2.45, 2.75) is 6.42 Å². The van der Waals surface area contributed by atoms with Gasteiger partial charge in [-0.3, -0.25) is 4.79 Å². The fourth-order valence-electron chi connectivity index (χ4n) is 1.53. The lowest BCUT2D eigenvalue weighted by atomic mass is 9.93. The highest BCUT2D eigenvalue weighted by molar-refractivity contribution is 9.10. The van der Waals surface area contributed by atoms with Crippen LogP contribution in [-0.2, 0) is 11.2 Å². The number of carbonyl (C=O) groups excluding carboxylic acids is 1. The number of rotatable bonds is 3. The van der Waals surface area contributed by atoms with E-state index in [0.717, 1.165) is 18.7 Å². The summed E-state index contributed by atoms with van der Waals surface area (Å²) in [6.07, 6.45) is 0.310. The zero-order valence-electron chi connectivity index (χ0n) is 8.09. The number of hydrogen-bond donors (Lipinski definition) is 1. The van der Waals surface area contributed by atoms with E-state index in [9.17, 15) is 9.18 Å². The van der Waals surface area contributed by atoms with Gasteiger partial charge < -0.3 is 5.32 Å². The van der Waals surface area contributed by atoms with Crippen molar-refractivity contribution in [2.24, 2.45) is 5.92 Å². The summed E-state index contributed by atoms with van der Waals surface area (Å²) >= 11 is 3.15. The first-order valence-electron chi connectivity index (χ1n) is 4.85. The molecule has 0 unspecified atom stereocenters. The largest absolute Gasteiger partial charge is 0.315 e. The third-order valence-corrected chi connectivity index (χ3v) is 3.52.